The number of carbonyl (C=O) groups excluding carboxylic acids is 1. The Hall–Kier alpha value is -1.59. The first-order chi connectivity index (χ1) is 9.75. The fraction of sp³-hybridized carbons (Fsp3) is 0.400. The summed E-state index contributed by atoms with van der Waals surface area (Å²) in [6.45, 7) is 0.559. The van der Waals surface area contributed by atoms with E-state index in [2.05, 4.69) is 5.32 Å². The van der Waals surface area contributed by atoms with Crippen LogP contribution in [0.3, 0.4) is 0 Å². The van der Waals surface area contributed by atoms with Crippen molar-refractivity contribution < 1.29 is 9.90 Å². The van der Waals surface area contributed by atoms with Gasteiger partial charge < -0.3 is 15.0 Å². The van der Waals surface area contributed by atoms with Gasteiger partial charge in [-0.15, -0.1) is 11.3 Å². The molecule has 20 heavy (non-hydrogen) atoms. The Kier molecular flexibility index (Phi) is 3.89. The highest BCUT2D eigenvalue weighted by molar-refractivity contribution is 7.12. The summed E-state index contributed by atoms with van der Waals surface area (Å²) in [4.78, 5) is 13.0. The van der Waals surface area contributed by atoms with Crippen molar-refractivity contribution in [3.8, 4) is 5.69 Å². The molecular formula is C15H18N2O2S. The molecule has 0 radical (unpaired) electrons. The zero-order valence-electron chi connectivity index (χ0n) is 11.2. The summed E-state index contributed by atoms with van der Waals surface area (Å²) in [5.74, 6) is 0.150. The predicted octanol–water partition coefficient (Wildman–Crippen LogP) is 2.43. The molecule has 1 aliphatic rings. The Bertz CT molecular complexity index is 576. The smallest absolute Gasteiger partial charge is 0.263 e. The Morgan fingerprint density at radius 2 is 2.20 bits per heavy atom. The van der Waals surface area contributed by atoms with Crippen molar-refractivity contribution in [2.24, 2.45) is 5.92 Å². The molecule has 4 nitrogen and oxygen atoms in total. The maximum atomic E-state index is 12.3. The highest BCUT2D eigenvalue weighted by Crippen LogP contribution is 2.25. The second kappa shape index (κ2) is 5.81. The monoisotopic (exact) mass is 290 g/mol. The third kappa shape index (κ3) is 2.64. The Morgan fingerprint density at radius 3 is 2.90 bits per heavy atom. The van der Waals surface area contributed by atoms with Crippen molar-refractivity contribution in [1.29, 1.82) is 0 Å². The molecule has 2 N–H and O–H groups in total. The molecule has 2 heterocycles. The number of hydrogen-bond acceptors (Lipinski definition) is 3. The number of aliphatic hydroxyl groups excluding tert-OH is 1. The number of nitrogens with zero attached hydrogens (tertiary/aromatic N) is 1. The first-order valence-corrected chi connectivity index (χ1v) is 7.81. The average Bonchev–Trinajstić information content (AvgIpc) is 3.17. The molecule has 5 heteroatoms. The third-order valence-electron chi connectivity index (χ3n) is 3.88. The quantitative estimate of drug-likeness (QED) is 0.908. The van der Waals surface area contributed by atoms with Crippen LogP contribution in [-0.4, -0.2) is 28.2 Å². The first kappa shape index (κ1) is 13.4. The lowest BCUT2D eigenvalue weighted by molar-refractivity contribution is 0.0920. The van der Waals surface area contributed by atoms with Crippen LogP contribution in [0.25, 0.3) is 5.69 Å². The number of aliphatic hydroxyl groups is 1. The minimum absolute atomic E-state index is 0.0530. The Morgan fingerprint density at radius 1 is 1.40 bits per heavy atom. The van der Waals surface area contributed by atoms with E-state index in [1.807, 2.05) is 40.5 Å². The molecule has 2 atom stereocenters. The number of rotatable bonds is 4. The number of amides is 1. The van der Waals surface area contributed by atoms with Gasteiger partial charge >= 0.3 is 0 Å². The zero-order valence-corrected chi connectivity index (χ0v) is 12.0. The number of thiophene rings is 1. The van der Waals surface area contributed by atoms with Crippen LogP contribution in [0.4, 0.5) is 0 Å². The predicted molar refractivity (Wildman–Crippen MR) is 79.3 cm³/mol. The van der Waals surface area contributed by atoms with Gasteiger partial charge in [-0.2, -0.15) is 0 Å². The van der Waals surface area contributed by atoms with E-state index in [1.54, 1.807) is 0 Å². The van der Waals surface area contributed by atoms with Crippen LogP contribution in [0.15, 0.2) is 36.0 Å². The molecule has 1 aliphatic carbocycles. The summed E-state index contributed by atoms with van der Waals surface area (Å²) in [5, 5.41) is 14.7. The number of nitrogens with one attached hydrogen (secondary N) is 1. The summed E-state index contributed by atoms with van der Waals surface area (Å²) in [6.07, 6.45) is 6.50. The van der Waals surface area contributed by atoms with Crippen LogP contribution in [0.1, 0.15) is 28.9 Å². The Labute approximate surface area is 122 Å². The van der Waals surface area contributed by atoms with Crippen LogP contribution >= 0.6 is 11.3 Å². The molecule has 0 spiro atoms. The topological polar surface area (TPSA) is 54.3 Å². The van der Waals surface area contributed by atoms with E-state index in [9.17, 15) is 9.90 Å². The van der Waals surface area contributed by atoms with Gasteiger partial charge in [-0.05, 0) is 36.4 Å². The van der Waals surface area contributed by atoms with Crippen LogP contribution in [-0.2, 0) is 0 Å². The van der Waals surface area contributed by atoms with Crippen molar-refractivity contribution in [3.63, 3.8) is 0 Å². The lowest BCUT2D eigenvalue weighted by Crippen LogP contribution is -2.32. The molecule has 3 rings (SSSR count). The van der Waals surface area contributed by atoms with E-state index < -0.39 is 0 Å². The fourth-order valence-electron chi connectivity index (χ4n) is 2.73. The van der Waals surface area contributed by atoms with Crippen LogP contribution in [0.5, 0.6) is 0 Å². The summed E-state index contributed by atoms with van der Waals surface area (Å²) in [6, 6.07) is 5.83. The van der Waals surface area contributed by atoms with Gasteiger partial charge in [0.2, 0.25) is 0 Å². The van der Waals surface area contributed by atoms with Gasteiger partial charge in [-0.3, -0.25) is 4.79 Å². The minimum Gasteiger partial charge on any atom is -0.393 e. The van der Waals surface area contributed by atoms with E-state index in [0.29, 0.717) is 11.4 Å². The highest BCUT2D eigenvalue weighted by atomic mass is 32.1. The molecule has 0 saturated heterocycles. The summed E-state index contributed by atoms with van der Waals surface area (Å²) >= 11 is 1.44. The molecule has 0 aromatic carbocycles. The third-order valence-corrected chi connectivity index (χ3v) is 4.78. The molecule has 1 amide bonds. The zero-order chi connectivity index (χ0) is 13.9. The molecule has 106 valence electrons. The lowest BCUT2D eigenvalue weighted by atomic mass is 10.1. The van der Waals surface area contributed by atoms with Crippen molar-refractivity contribution >= 4 is 17.2 Å². The number of aromatic nitrogens is 1. The lowest BCUT2D eigenvalue weighted by Gasteiger charge is -2.15. The van der Waals surface area contributed by atoms with E-state index in [0.717, 1.165) is 24.9 Å². The highest BCUT2D eigenvalue weighted by Gasteiger charge is 2.26. The van der Waals surface area contributed by atoms with Gasteiger partial charge in [0, 0.05) is 24.9 Å². The largest absolute Gasteiger partial charge is 0.393 e. The first-order valence-electron chi connectivity index (χ1n) is 6.93. The van der Waals surface area contributed by atoms with Crippen molar-refractivity contribution in [3.05, 3.63) is 40.8 Å². The average molecular weight is 290 g/mol. The van der Waals surface area contributed by atoms with Gasteiger partial charge in [0.15, 0.2) is 0 Å². The molecule has 0 bridgehead atoms. The standard InChI is InChI=1S/C15H18N2O2S/c18-13-5-3-4-11(13)10-16-15(19)14-12(6-9-20-14)17-7-1-2-8-17/h1-2,6-9,11,13,18H,3-5,10H2,(H,16,19). The van der Waals surface area contributed by atoms with Crippen LogP contribution < -0.4 is 5.32 Å². The second-order valence-corrected chi connectivity index (χ2v) is 6.11. The van der Waals surface area contributed by atoms with Crippen molar-refractivity contribution in [1.82, 2.24) is 9.88 Å². The minimum atomic E-state index is -0.262. The van der Waals surface area contributed by atoms with E-state index in [1.165, 1.54) is 11.3 Å². The van der Waals surface area contributed by atoms with Gasteiger partial charge in [-0.1, -0.05) is 6.42 Å². The second-order valence-electron chi connectivity index (χ2n) is 5.19. The summed E-state index contributed by atoms with van der Waals surface area (Å²) in [5.41, 5.74) is 0.907. The van der Waals surface area contributed by atoms with E-state index in [-0.39, 0.29) is 17.9 Å². The van der Waals surface area contributed by atoms with Crippen molar-refractivity contribution in [2.45, 2.75) is 25.4 Å². The van der Waals surface area contributed by atoms with Crippen LogP contribution in [0, 0.1) is 5.92 Å². The normalized spacial score (nSPS) is 22.1. The molecular weight excluding hydrogens is 272 g/mol. The molecule has 2 aromatic heterocycles. The van der Waals surface area contributed by atoms with E-state index >= 15 is 0 Å². The van der Waals surface area contributed by atoms with Gasteiger partial charge in [-0.25, -0.2) is 0 Å². The molecule has 1 fully saturated rings. The van der Waals surface area contributed by atoms with Gasteiger partial charge in [0.05, 0.1) is 11.8 Å². The maximum absolute atomic E-state index is 12.3. The summed E-state index contributed by atoms with van der Waals surface area (Å²) in [7, 11) is 0. The Balaban J connectivity index is 1.67. The molecule has 2 aromatic rings. The molecule has 1 saturated carbocycles. The van der Waals surface area contributed by atoms with Crippen molar-refractivity contribution in [2.75, 3.05) is 6.54 Å². The summed E-state index contributed by atoms with van der Waals surface area (Å²) < 4.78 is 1.94. The van der Waals surface area contributed by atoms with Gasteiger partial charge in [0.25, 0.3) is 5.91 Å². The number of carbonyl (C=O) groups is 1. The SMILES string of the molecule is O=C(NCC1CCCC1O)c1sccc1-n1cccc1. The van der Waals surface area contributed by atoms with Crippen LogP contribution in [0.2, 0.25) is 0 Å². The molecule has 2 unspecified atom stereocenters. The fourth-order valence-corrected chi connectivity index (χ4v) is 3.54. The molecule has 0 aliphatic heterocycles. The van der Waals surface area contributed by atoms with Gasteiger partial charge in [0.1, 0.15) is 4.88 Å². The van der Waals surface area contributed by atoms with E-state index in [4.69, 9.17) is 0 Å². The maximum Gasteiger partial charge on any atom is 0.263 e. The number of hydrogen-bond donors (Lipinski definition) is 2.